The van der Waals surface area contributed by atoms with Gasteiger partial charge >= 0.3 is 0 Å². The van der Waals surface area contributed by atoms with Crippen molar-refractivity contribution in [2.45, 2.75) is 31.3 Å². The van der Waals surface area contributed by atoms with Gasteiger partial charge in [-0.2, -0.15) is 0 Å². The molecule has 2 aromatic carbocycles. The van der Waals surface area contributed by atoms with E-state index in [9.17, 15) is 14.5 Å². The molecule has 2 N–H and O–H groups in total. The number of rotatable bonds is 14. The van der Waals surface area contributed by atoms with Crippen molar-refractivity contribution in [2.75, 3.05) is 41.3 Å². The highest BCUT2D eigenvalue weighted by atomic mass is 32.1. The number of aromatic nitrogens is 2. The third-order valence-corrected chi connectivity index (χ3v) is 8.74. The number of imidazole rings is 1. The second kappa shape index (κ2) is 17.8. The number of fused-ring (bicyclic) bond motifs is 1. The van der Waals surface area contributed by atoms with Crippen LogP contribution in [0.4, 0.5) is 5.00 Å². The average molecular weight is 654 g/mol. The molecule has 47 heavy (non-hydrogen) atoms. The van der Waals surface area contributed by atoms with Crippen molar-refractivity contribution in [3.8, 4) is 0 Å². The number of thiophene rings is 1. The van der Waals surface area contributed by atoms with Crippen molar-refractivity contribution in [3.05, 3.63) is 130 Å². The second-order valence-corrected chi connectivity index (χ2v) is 12.8. The van der Waals surface area contributed by atoms with E-state index in [2.05, 4.69) is 54.9 Å². The van der Waals surface area contributed by atoms with E-state index >= 15 is 0 Å². The number of nitroso groups, excluding NO2 is 1. The van der Waals surface area contributed by atoms with Gasteiger partial charge < -0.3 is 24.8 Å². The van der Waals surface area contributed by atoms with Crippen LogP contribution in [0.1, 0.15) is 26.5 Å². The number of nitrogens with zero attached hydrogens (tertiary/aromatic N) is 5. The Morgan fingerprint density at radius 2 is 1.36 bits per heavy atom. The van der Waals surface area contributed by atoms with Gasteiger partial charge in [-0.1, -0.05) is 66.7 Å². The smallest absolute Gasteiger partial charge is 0.261 e. The summed E-state index contributed by atoms with van der Waals surface area (Å²) in [5, 5.41) is 9.12. The minimum Gasteiger partial charge on any atom is -0.354 e. The zero-order valence-electron chi connectivity index (χ0n) is 27.4. The van der Waals surface area contributed by atoms with Gasteiger partial charge in [0.25, 0.3) is 5.91 Å². The number of amides is 2. The largest absolute Gasteiger partial charge is 0.354 e. The summed E-state index contributed by atoms with van der Waals surface area (Å²) in [6, 6.07) is 30.0. The number of hydrogen-bond donors (Lipinski definition) is 2. The molecule has 0 bridgehead atoms. The summed E-state index contributed by atoms with van der Waals surface area (Å²) < 4.78 is 1.93. The maximum absolute atomic E-state index is 12.3. The van der Waals surface area contributed by atoms with Crippen molar-refractivity contribution in [2.24, 2.45) is 5.18 Å². The lowest BCUT2D eigenvalue weighted by Crippen LogP contribution is -2.42. The predicted molar refractivity (Wildman–Crippen MR) is 189 cm³/mol. The van der Waals surface area contributed by atoms with Gasteiger partial charge in [0, 0.05) is 37.6 Å². The van der Waals surface area contributed by atoms with Crippen LogP contribution in [-0.2, 0) is 24.1 Å². The van der Waals surface area contributed by atoms with E-state index in [1.807, 2.05) is 99.6 Å². The van der Waals surface area contributed by atoms with Gasteiger partial charge in [-0.3, -0.25) is 9.59 Å². The summed E-state index contributed by atoms with van der Waals surface area (Å²) in [4.78, 5) is 44.0. The number of carbonyl (C=O) groups is 2. The lowest BCUT2D eigenvalue weighted by Gasteiger charge is -2.24. The number of hydrogen-bond acceptors (Lipinski definition) is 8. The molecule has 0 aliphatic carbocycles. The standard InChI is InChI=1S/C20H24N4O.C16H19N3O2S/c1-23(2)18(12-16-8-4-3-5-9-16)14-21-20(25)13-17-15-24-11-7-6-10-19(24)22-17;1-19(2)13(10-12-6-4-3-5-7-12)11-17-16(20)14-8-9-15(18-21)22-14/h3-11,15,18H,12-14H2,1-2H3,(H,21,25);3-9,13H,10-11H2,1-2H3,(H,17,20)/t18-;13-/m00/s1. The molecule has 0 saturated heterocycles. The molecule has 5 rings (SSSR count). The number of carbonyl (C=O) groups excluding carboxylic acids is 2. The summed E-state index contributed by atoms with van der Waals surface area (Å²) in [6.07, 6.45) is 5.91. The Labute approximate surface area is 280 Å². The van der Waals surface area contributed by atoms with Crippen molar-refractivity contribution in [1.29, 1.82) is 0 Å². The van der Waals surface area contributed by atoms with Crippen LogP contribution in [0.15, 0.2) is 109 Å². The first-order valence-electron chi connectivity index (χ1n) is 15.5. The van der Waals surface area contributed by atoms with Crippen molar-refractivity contribution in [1.82, 2.24) is 29.8 Å². The van der Waals surface area contributed by atoms with Gasteiger partial charge in [0.05, 0.1) is 17.0 Å². The Kier molecular flexibility index (Phi) is 13.3. The Bertz CT molecular complexity index is 1670. The van der Waals surface area contributed by atoms with Crippen LogP contribution >= 0.6 is 11.3 Å². The number of pyridine rings is 1. The molecule has 2 amide bonds. The summed E-state index contributed by atoms with van der Waals surface area (Å²) >= 11 is 1.10. The zero-order valence-corrected chi connectivity index (χ0v) is 28.2. The van der Waals surface area contributed by atoms with Gasteiger partial charge in [-0.15, -0.1) is 16.2 Å². The van der Waals surface area contributed by atoms with Gasteiger partial charge in [0.2, 0.25) is 5.91 Å². The first-order valence-corrected chi connectivity index (χ1v) is 16.3. The molecule has 5 aromatic rings. The molecule has 246 valence electrons. The summed E-state index contributed by atoms with van der Waals surface area (Å²) in [7, 11) is 8.09. The Morgan fingerprint density at radius 3 is 1.89 bits per heavy atom. The van der Waals surface area contributed by atoms with E-state index in [-0.39, 0.29) is 23.9 Å². The number of nitrogens with one attached hydrogen (secondary N) is 2. The van der Waals surface area contributed by atoms with E-state index in [4.69, 9.17) is 0 Å². The van der Waals surface area contributed by atoms with Crippen LogP contribution in [0, 0.1) is 4.91 Å². The van der Waals surface area contributed by atoms with Crippen molar-refractivity contribution < 1.29 is 9.59 Å². The molecule has 10 nitrogen and oxygen atoms in total. The van der Waals surface area contributed by atoms with Gasteiger partial charge in [-0.25, -0.2) is 4.98 Å². The van der Waals surface area contributed by atoms with Crippen LogP contribution in [-0.4, -0.2) is 84.4 Å². The van der Waals surface area contributed by atoms with E-state index in [1.54, 1.807) is 12.1 Å². The molecule has 0 spiro atoms. The first kappa shape index (κ1) is 35.1. The highest BCUT2D eigenvalue weighted by Gasteiger charge is 2.17. The molecule has 0 saturated carbocycles. The highest BCUT2D eigenvalue weighted by Crippen LogP contribution is 2.24. The lowest BCUT2D eigenvalue weighted by molar-refractivity contribution is -0.120. The van der Waals surface area contributed by atoms with Crippen LogP contribution in [0.5, 0.6) is 0 Å². The average Bonchev–Trinajstić information content (AvgIpc) is 3.73. The minimum absolute atomic E-state index is 0.00307. The number of likely N-dealkylation sites (N-methyl/N-ethyl adjacent to an activating group) is 2. The van der Waals surface area contributed by atoms with Gasteiger partial charge in [0.15, 0.2) is 5.00 Å². The Hall–Kier alpha value is -4.71. The fraction of sp³-hybridized carbons (Fsp3) is 0.306. The van der Waals surface area contributed by atoms with E-state index in [0.29, 0.717) is 29.4 Å². The molecular weight excluding hydrogens is 611 g/mol. The lowest BCUT2D eigenvalue weighted by atomic mass is 10.1. The predicted octanol–water partition coefficient (Wildman–Crippen LogP) is 5.21. The third-order valence-electron chi connectivity index (χ3n) is 7.78. The molecule has 2 atom stereocenters. The molecule has 11 heteroatoms. The second-order valence-electron chi connectivity index (χ2n) is 11.7. The summed E-state index contributed by atoms with van der Waals surface area (Å²) in [6.45, 7) is 1.16. The molecular formula is C36H43N7O3S. The van der Waals surface area contributed by atoms with Gasteiger partial charge in [0.1, 0.15) is 5.65 Å². The first-order chi connectivity index (χ1) is 22.7. The molecule has 0 aliphatic heterocycles. The zero-order chi connectivity index (χ0) is 33.6. The topological polar surface area (TPSA) is 111 Å². The van der Waals surface area contributed by atoms with Crippen molar-refractivity contribution in [3.63, 3.8) is 0 Å². The quantitative estimate of drug-likeness (QED) is 0.159. The minimum atomic E-state index is -0.167. The van der Waals surface area contributed by atoms with E-state index < -0.39 is 0 Å². The monoisotopic (exact) mass is 653 g/mol. The van der Waals surface area contributed by atoms with Gasteiger partial charge in [-0.05, 0) is 81.6 Å². The molecule has 3 aromatic heterocycles. The van der Waals surface area contributed by atoms with E-state index in [1.165, 1.54) is 11.1 Å². The third kappa shape index (κ3) is 11.2. The molecule has 0 radical (unpaired) electrons. The van der Waals surface area contributed by atoms with E-state index in [0.717, 1.165) is 35.5 Å². The van der Waals surface area contributed by atoms with Crippen LogP contribution in [0.2, 0.25) is 0 Å². The maximum Gasteiger partial charge on any atom is 0.261 e. The van der Waals surface area contributed by atoms with Crippen LogP contribution < -0.4 is 10.6 Å². The Balaban J connectivity index is 0.000000215. The van der Waals surface area contributed by atoms with Crippen LogP contribution in [0.3, 0.4) is 0 Å². The molecule has 0 fully saturated rings. The van der Waals surface area contributed by atoms with Crippen molar-refractivity contribution >= 4 is 33.8 Å². The summed E-state index contributed by atoms with van der Waals surface area (Å²) in [5.41, 5.74) is 4.16. The fourth-order valence-electron chi connectivity index (χ4n) is 4.97. The molecule has 0 aliphatic rings. The normalized spacial score (nSPS) is 12.3. The molecule has 0 unspecified atom stereocenters. The maximum atomic E-state index is 12.3. The number of benzene rings is 2. The fourth-order valence-corrected chi connectivity index (χ4v) is 5.67. The Morgan fingerprint density at radius 1 is 0.787 bits per heavy atom. The molecule has 3 heterocycles. The summed E-state index contributed by atoms with van der Waals surface area (Å²) in [5.74, 6) is -0.164. The van der Waals surface area contributed by atoms with Crippen LogP contribution in [0.25, 0.3) is 5.65 Å². The SMILES string of the molecule is CN(C)[C@H](CNC(=O)Cc1cn2ccccc2n1)Cc1ccccc1.CN(C)[C@H](CNC(=O)c1ccc(N=O)s1)Cc1ccccc1. The highest BCUT2D eigenvalue weighted by molar-refractivity contribution is 7.17.